The lowest BCUT2D eigenvalue weighted by Gasteiger charge is -2.17. The second kappa shape index (κ2) is 6.76. The number of ether oxygens (including phenoxy) is 1. The second-order valence-corrected chi connectivity index (χ2v) is 6.05. The van der Waals surface area contributed by atoms with Gasteiger partial charge >= 0.3 is 5.97 Å². The first-order valence-corrected chi connectivity index (χ1v) is 8.24. The molecule has 1 N–H and O–H groups in total. The predicted octanol–water partition coefficient (Wildman–Crippen LogP) is 2.89. The van der Waals surface area contributed by atoms with Gasteiger partial charge in [0, 0.05) is 6.92 Å². The zero-order chi connectivity index (χ0) is 19.0. The van der Waals surface area contributed by atoms with E-state index in [0.717, 1.165) is 0 Å². The van der Waals surface area contributed by atoms with Gasteiger partial charge < -0.3 is 14.4 Å². The van der Waals surface area contributed by atoms with E-state index < -0.39 is 12.5 Å². The van der Waals surface area contributed by atoms with Crippen molar-refractivity contribution in [2.24, 2.45) is 0 Å². The number of aromatic nitrogens is 2. The van der Waals surface area contributed by atoms with Crippen LogP contribution in [0.15, 0.2) is 29.1 Å². The summed E-state index contributed by atoms with van der Waals surface area (Å²) >= 11 is 6.21. The highest BCUT2D eigenvalue weighted by Crippen LogP contribution is 2.34. The van der Waals surface area contributed by atoms with Crippen LogP contribution in [-0.4, -0.2) is 33.0 Å². The fraction of sp³-hybridized carbons (Fsp3) is 0.222. The number of rotatable bonds is 5. The largest absolute Gasteiger partial charge is 0.490 e. The Labute approximate surface area is 152 Å². The molecule has 8 heteroatoms. The lowest BCUT2D eigenvalue weighted by molar-refractivity contribution is -0.137. The molecule has 0 amide bonds. The van der Waals surface area contributed by atoms with E-state index in [2.05, 4.69) is 4.98 Å². The molecule has 0 aliphatic carbocycles. The second-order valence-electron chi connectivity index (χ2n) is 5.64. The minimum atomic E-state index is -1.13. The van der Waals surface area contributed by atoms with E-state index in [-0.39, 0.29) is 56.2 Å². The van der Waals surface area contributed by atoms with E-state index >= 15 is 0 Å². The number of hydrogen-bond acceptors (Lipinski definition) is 5. The third-order valence-electron chi connectivity index (χ3n) is 3.92. The van der Waals surface area contributed by atoms with Crippen molar-refractivity contribution in [1.82, 2.24) is 9.55 Å². The van der Waals surface area contributed by atoms with Gasteiger partial charge in [-0.3, -0.25) is 14.4 Å². The molecular formula is C18H15ClN2O5. The van der Waals surface area contributed by atoms with Crippen LogP contribution in [0.2, 0.25) is 5.02 Å². The van der Waals surface area contributed by atoms with Crippen LogP contribution >= 0.6 is 11.6 Å². The Morgan fingerprint density at radius 3 is 2.54 bits per heavy atom. The summed E-state index contributed by atoms with van der Waals surface area (Å²) in [5.41, 5.74) is 0.139. The predicted molar refractivity (Wildman–Crippen MR) is 97.3 cm³/mol. The number of carboxylic acids is 1. The summed E-state index contributed by atoms with van der Waals surface area (Å²) in [6, 6.07) is 5.99. The van der Waals surface area contributed by atoms with Gasteiger partial charge in [0.15, 0.2) is 17.0 Å². The molecule has 0 aliphatic heterocycles. The van der Waals surface area contributed by atoms with Crippen molar-refractivity contribution < 1.29 is 19.4 Å². The van der Waals surface area contributed by atoms with Gasteiger partial charge in [-0.1, -0.05) is 11.6 Å². The van der Waals surface area contributed by atoms with E-state index in [1.165, 1.54) is 35.8 Å². The molecule has 3 aromatic rings. The zero-order valence-corrected chi connectivity index (χ0v) is 14.8. The van der Waals surface area contributed by atoms with Crippen LogP contribution in [0.5, 0.6) is 5.75 Å². The average molecular weight is 375 g/mol. The van der Waals surface area contributed by atoms with E-state index in [9.17, 15) is 19.5 Å². The Hall–Kier alpha value is -2.93. The molecule has 2 heterocycles. The molecule has 0 aliphatic rings. The van der Waals surface area contributed by atoms with E-state index in [1.54, 1.807) is 6.92 Å². The number of Topliss-reactive ketones (excluding diaryl/α,β-unsaturated/α-hetero) is 1. The Kier molecular flexibility index (Phi) is 4.65. The highest BCUT2D eigenvalue weighted by molar-refractivity contribution is 6.33. The summed E-state index contributed by atoms with van der Waals surface area (Å²) in [6.45, 7) is 2.90. The third kappa shape index (κ3) is 2.90. The number of ketones is 1. The molecule has 134 valence electrons. The van der Waals surface area contributed by atoms with E-state index in [4.69, 9.17) is 16.3 Å². The summed E-state index contributed by atoms with van der Waals surface area (Å²) in [6.07, 6.45) is 0. The highest BCUT2D eigenvalue weighted by atomic mass is 35.5. The molecule has 0 radical (unpaired) electrons. The van der Waals surface area contributed by atoms with Gasteiger partial charge in [0.25, 0.3) is 0 Å². The lowest BCUT2D eigenvalue weighted by Crippen LogP contribution is -2.18. The van der Waals surface area contributed by atoms with Gasteiger partial charge in [0.1, 0.15) is 17.9 Å². The van der Waals surface area contributed by atoms with Crippen molar-refractivity contribution in [1.29, 1.82) is 0 Å². The standard InChI is InChI=1S/C18H15ClN2O5/c1-3-26-17-12(19)6-4-10-15(17)21(8-14(23)24)18-11(16(10)25)5-7-13(20-18)9(2)22/h4-7H,3,8H2,1-2H3,(H,23,24). The molecular weight excluding hydrogens is 360 g/mol. The average Bonchev–Trinajstić information content (AvgIpc) is 2.59. The number of fused-ring (bicyclic) bond motifs is 2. The molecule has 0 spiro atoms. The Bertz CT molecular complexity index is 1120. The summed E-state index contributed by atoms with van der Waals surface area (Å²) < 4.78 is 6.92. The summed E-state index contributed by atoms with van der Waals surface area (Å²) in [5, 5.41) is 10.1. The van der Waals surface area contributed by atoms with Crippen LogP contribution in [0.3, 0.4) is 0 Å². The smallest absolute Gasteiger partial charge is 0.323 e. The van der Waals surface area contributed by atoms with Gasteiger partial charge in [0.05, 0.1) is 27.9 Å². The van der Waals surface area contributed by atoms with Crippen molar-refractivity contribution in [3.63, 3.8) is 0 Å². The number of nitrogens with zero attached hydrogens (tertiary/aromatic N) is 2. The molecule has 0 bridgehead atoms. The monoisotopic (exact) mass is 374 g/mol. The Morgan fingerprint density at radius 2 is 1.92 bits per heavy atom. The first-order chi connectivity index (χ1) is 12.3. The maximum Gasteiger partial charge on any atom is 0.323 e. The van der Waals surface area contributed by atoms with Crippen molar-refractivity contribution >= 4 is 45.3 Å². The number of carbonyl (C=O) groups excluding carboxylic acids is 1. The molecule has 0 unspecified atom stereocenters. The maximum atomic E-state index is 12.9. The molecule has 1 aromatic carbocycles. The van der Waals surface area contributed by atoms with E-state index in [1.807, 2.05) is 0 Å². The SMILES string of the molecule is CCOc1c(Cl)ccc2c(=O)c3ccc(C(C)=O)nc3n(CC(=O)O)c12. The molecule has 0 saturated heterocycles. The quantitative estimate of drug-likeness (QED) is 0.544. The highest BCUT2D eigenvalue weighted by Gasteiger charge is 2.20. The van der Waals surface area contributed by atoms with Gasteiger partial charge in [-0.2, -0.15) is 0 Å². The number of benzene rings is 1. The van der Waals surface area contributed by atoms with Crippen LogP contribution in [-0.2, 0) is 11.3 Å². The van der Waals surface area contributed by atoms with Crippen molar-refractivity contribution in [2.45, 2.75) is 20.4 Å². The molecule has 26 heavy (non-hydrogen) atoms. The van der Waals surface area contributed by atoms with Crippen molar-refractivity contribution in [2.75, 3.05) is 6.61 Å². The lowest BCUT2D eigenvalue weighted by atomic mass is 10.1. The molecule has 0 saturated carbocycles. The number of halogens is 1. The number of carboxylic acid groups (broad SMARTS) is 1. The van der Waals surface area contributed by atoms with Crippen LogP contribution in [0.1, 0.15) is 24.3 Å². The molecule has 0 fully saturated rings. The van der Waals surface area contributed by atoms with Crippen molar-refractivity contribution in [3.8, 4) is 5.75 Å². The molecule has 3 rings (SSSR count). The Balaban J connectivity index is 2.58. The minimum absolute atomic E-state index is 0.0980. The molecule has 0 atom stereocenters. The van der Waals surface area contributed by atoms with Gasteiger partial charge in [0.2, 0.25) is 0 Å². The van der Waals surface area contributed by atoms with Gasteiger partial charge in [-0.05, 0) is 31.2 Å². The van der Waals surface area contributed by atoms with E-state index in [0.29, 0.717) is 0 Å². The number of pyridine rings is 2. The minimum Gasteiger partial charge on any atom is -0.490 e. The molecule has 2 aromatic heterocycles. The Morgan fingerprint density at radius 1 is 1.23 bits per heavy atom. The summed E-state index contributed by atoms with van der Waals surface area (Å²) in [5.74, 6) is -1.21. The normalized spacial score (nSPS) is 11.0. The summed E-state index contributed by atoms with van der Waals surface area (Å²) in [7, 11) is 0. The van der Waals surface area contributed by atoms with Crippen LogP contribution < -0.4 is 10.2 Å². The first kappa shape index (κ1) is 17.9. The number of aliphatic carboxylic acids is 1. The van der Waals surface area contributed by atoms with Gasteiger partial charge in [-0.15, -0.1) is 0 Å². The van der Waals surface area contributed by atoms with Crippen LogP contribution in [0.4, 0.5) is 0 Å². The van der Waals surface area contributed by atoms with Crippen LogP contribution in [0.25, 0.3) is 21.9 Å². The fourth-order valence-electron chi connectivity index (χ4n) is 2.85. The number of carbonyl (C=O) groups is 2. The zero-order valence-electron chi connectivity index (χ0n) is 14.1. The summed E-state index contributed by atoms with van der Waals surface area (Å²) in [4.78, 5) is 40.2. The number of hydrogen-bond donors (Lipinski definition) is 1. The van der Waals surface area contributed by atoms with Gasteiger partial charge in [-0.25, -0.2) is 4.98 Å². The third-order valence-corrected chi connectivity index (χ3v) is 4.21. The topological polar surface area (TPSA) is 98.5 Å². The maximum absolute atomic E-state index is 12.9. The van der Waals surface area contributed by atoms with Crippen LogP contribution in [0, 0.1) is 0 Å². The first-order valence-electron chi connectivity index (χ1n) is 7.86. The molecule has 7 nitrogen and oxygen atoms in total. The fourth-order valence-corrected chi connectivity index (χ4v) is 3.05. The van der Waals surface area contributed by atoms with Crippen molar-refractivity contribution in [3.05, 3.63) is 45.2 Å².